The van der Waals surface area contributed by atoms with E-state index in [2.05, 4.69) is 9.97 Å². The number of aromatic amines is 1. The summed E-state index contributed by atoms with van der Waals surface area (Å²) in [6.07, 6.45) is -0.202. The Kier molecular flexibility index (Phi) is 4.16. The number of hydrogen-bond acceptors (Lipinski definition) is 5. The van der Waals surface area contributed by atoms with Crippen molar-refractivity contribution in [2.24, 2.45) is 0 Å². The minimum atomic E-state index is -0.687. The van der Waals surface area contributed by atoms with Crippen LogP contribution in [0.15, 0.2) is 44.3 Å². The highest BCUT2D eigenvalue weighted by atomic mass is 19.1. The number of fused-ring (bicyclic) bond motifs is 1. The summed E-state index contributed by atoms with van der Waals surface area (Å²) in [5.41, 5.74) is -0.298. The van der Waals surface area contributed by atoms with E-state index in [1.54, 1.807) is 25.1 Å². The van der Waals surface area contributed by atoms with E-state index in [0.29, 0.717) is 17.5 Å². The van der Waals surface area contributed by atoms with Crippen LogP contribution < -0.4 is 15.9 Å². The van der Waals surface area contributed by atoms with E-state index in [4.69, 9.17) is 9.15 Å². The minimum Gasteiger partial charge on any atom is -0.457 e. The number of rotatable bonds is 4. The first-order chi connectivity index (χ1) is 11.5. The Hall–Kier alpha value is -2.96. The van der Waals surface area contributed by atoms with Gasteiger partial charge in [-0.05, 0) is 25.0 Å². The van der Waals surface area contributed by atoms with E-state index in [1.165, 1.54) is 12.1 Å². The van der Waals surface area contributed by atoms with Gasteiger partial charge < -0.3 is 9.15 Å². The maximum atomic E-state index is 13.8. The van der Waals surface area contributed by atoms with E-state index in [9.17, 15) is 14.0 Å². The maximum Gasteiger partial charge on any atom is 0.337 e. The molecule has 3 rings (SSSR count). The van der Waals surface area contributed by atoms with E-state index in [0.717, 1.165) is 0 Å². The molecule has 0 unspecified atom stereocenters. The van der Waals surface area contributed by atoms with Crippen molar-refractivity contribution in [1.29, 1.82) is 0 Å². The fourth-order valence-electron chi connectivity index (χ4n) is 2.50. The van der Waals surface area contributed by atoms with E-state index in [-0.39, 0.29) is 17.1 Å². The fourth-order valence-corrected chi connectivity index (χ4v) is 2.50. The first-order valence-corrected chi connectivity index (χ1v) is 7.47. The number of aromatic nitrogens is 2. The van der Waals surface area contributed by atoms with Crippen LogP contribution in [0, 0.1) is 5.82 Å². The summed E-state index contributed by atoms with van der Waals surface area (Å²) in [4.78, 5) is 30.4. The van der Waals surface area contributed by atoms with Crippen LogP contribution in [0.25, 0.3) is 11.1 Å². The zero-order chi connectivity index (χ0) is 17.3. The van der Waals surface area contributed by atoms with Crippen LogP contribution >= 0.6 is 0 Å². The minimum absolute atomic E-state index is 0.0983. The van der Waals surface area contributed by atoms with Gasteiger partial charge in [-0.15, -0.1) is 0 Å². The highest BCUT2D eigenvalue weighted by Crippen LogP contribution is 2.22. The molecule has 0 aliphatic heterocycles. The van der Waals surface area contributed by atoms with E-state index >= 15 is 0 Å². The number of aryl methyl sites for hydroxylation is 1. The molecule has 0 fully saturated rings. The molecule has 24 heavy (non-hydrogen) atoms. The highest BCUT2D eigenvalue weighted by Gasteiger charge is 2.16. The molecule has 0 saturated carbocycles. The van der Waals surface area contributed by atoms with Crippen LogP contribution in [0.3, 0.4) is 0 Å². The molecule has 2 aromatic heterocycles. The molecule has 1 N–H and O–H groups in total. The SMILES string of the molecule is CCc1cc(=O)oc2nc(O[C@H](C)c3ccccc3F)[nH]c(=O)c12. The van der Waals surface area contributed by atoms with Gasteiger partial charge in [0.05, 0.1) is 0 Å². The Morgan fingerprint density at radius 2 is 2.08 bits per heavy atom. The maximum absolute atomic E-state index is 13.8. The van der Waals surface area contributed by atoms with E-state index in [1.807, 2.05) is 6.92 Å². The first kappa shape index (κ1) is 15.9. The van der Waals surface area contributed by atoms with Gasteiger partial charge in [-0.2, -0.15) is 4.98 Å². The second-order valence-corrected chi connectivity index (χ2v) is 5.28. The lowest BCUT2D eigenvalue weighted by Gasteiger charge is -2.14. The molecule has 0 aliphatic rings. The third-order valence-corrected chi connectivity index (χ3v) is 3.69. The van der Waals surface area contributed by atoms with Crippen LogP contribution in [0.5, 0.6) is 6.01 Å². The number of nitrogens with zero attached hydrogens (tertiary/aromatic N) is 1. The molecule has 0 bridgehead atoms. The fraction of sp³-hybridized carbons (Fsp3) is 0.235. The predicted octanol–water partition coefficient (Wildman–Crippen LogP) is 2.72. The van der Waals surface area contributed by atoms with Crippen molar-refractivity contribution in [3.63, 3.8) is 0 Å². The molecule has 0 aliphatic carbocycles. The van der Waals surface area contributed by atoms with E-state index < -0.39 is 23.1 Å². The molecule has 0 saturated heterocycles. The lowest BCUT2D eigenvalue weighted by molar-refractivity contribution is 0.202. The normalized spacial score (nSPS) is 12.3. The second kappa shape index (κ2) is 6.27. The summed E-state index contributed by atoms with van der Waals surface area (Å²) in [7, 11) is 0. The largest absolute Gasteiger partial charge is 0.457 e. The number of ether oxygens (including phenoxy) is 1. The molecule has 1 aromatic carbocycles. The van der Waals surface area contributed by atoms with Crippen molar-refractivity contribution in [3.05, 3.63) is 68.0 Å². The predicted molar refractivity (Wildman–Crippen MR) is 85.7 cm³/mol. The summed E-state index contributed by atoms with van der Waals surface area (Å²) in [5, 5.41) is 0.211. The smallest absolute Gasteiger partial charge is 0.337 e. The zero-order valence-electron chi connectivity index (χ0n) is 13.1. The highest BCUT2D eigenvalue weighted by molar-refractivity contribution is 5.75. The van der Waals surface area contributed by atoms with Gasteiger partial charge in [-0.1, -0.05) is 25.1 Å². The van der Waals surface area contributed by atoms with Gasteiger partial charge >= 0.3 is 5.63 Å². The van der Waals surface area contributed by atoms with Crippen LogP contribution in [0.4, 0.5) is 4.39 Å². The summed E-state index contributed by atoms with van der Waals surface area (Å²) < 4.78 is 24.3. The molecular weight excluding hydrogens is 315 g/mol. The van der Waals surface area contributed by atoms with Gasteiger partial charge in [0.15, 0.2) is 0 Å². The first-order valence-electron chi connectivity index (χ1n) is 7.47. The van der Waals surface area contributed by atoms with Crippen molar-refractivity contribution in [2.75, 3.05) is 0 Å². The van der Waals surface area contributed by atoms with Crippen molar-refractivity contribution in [1.82, 2.24) is 9.97 Å². The Morgan fingerprint density at radius 3 is 2.79 bits per heavy atom. The number of halogens is 1. The molecule has 2 heterocycles. The molecule has 0 amide bonds. The van der Waals surface area contributed by atoms with Crippen LogP contribution in [0.1, 0.15) is 31.1 Å². The number of benzene rings is 1. The van der Waals surface area contributed by atoms with Crippen LogP contribution in [0.2, 0.25) is 0 Å². The summed E-state index contributed by atoms with van der Waals surface area (Å²) in [6.45, 7) is 3.44. The standard InChI is InChI=1S/C17H15FN2O4/c1-3-10-8-13(21)24-16-14(10)15(22)19-17(20-16)23-9(2)11-6-4-5-7-12(11)18/h4-9H,3H2,1-2H3,(H,19,20,22)/t9-/m1/s1. The number of H-pyrrole nitrogens is 1. The Balaban J connectivity index is 2.04. The number of nitrogens with one attached hydrogen (secondary N) is 1. The lowest BCUT2D eigenvalue weighted by atomic mass is 10.1. The summed E-state index contributed by atoms with van der Waals surface area (Å²) in [6, 6.07) is 7.28. The van der Waals surface area contributed by atoms with Crippen molar-refractivity contribution >= 4 is 11.1 Å². The van der Waals surface area contributed by atoms with Crippen LogP contribution in [-0.4, -0.2) is 9.97 Å². The summed E-state index contributed by atoms with van der Waals surface area (Å²) in [5.74, 6) is -0.423. The quantitative estimate of drug-likeness (QED) is 0.795. The topological polar surface area (TPSA) is 85.2 Å². The number of hydrogen-bond donors (Lipinski definition) is 1. The Bertz CT molecular complexity index is 1010. The van der Waals surface area contributed by atoms with Gasteiger partial charge in [-0.25, -0.2) is 9.18 Å². The average molecular weight is 330 g/mol. The third-order valence-electron chi connectivity index (χ3n) is 3.69. The van der Waals surface area contributed by atoms with Crippen molar-refractivity contribution in [3.8, 4) is 6.01 Å². The second-order valence-electron chi connectivity index (χ2n) is 5.28. The van der Waals surface area contributed by atoms with Gasteiger partial charge in [0.1, 0.15) is 17.3 Å². The van der Waals surface area contributed by atoms with Crippen LogP contribution in [-0.2, 0) is 6.42 Å². The Labute approximate surface area is 135 Å². The molecule has 6 nitrogen and oxygen atoms in total. The van der Waals surface area contributed by atoms with Gasteiger partial charge in [0.2, 0.25) is 5.71 Å². The monoisotopic (exact) mass is 330 g/mol. The van der Waals surface area contributed by atoms with Gasteiger partial charge in [0.25, 0.3) is 11.6 Å². The molecule has 0 radical (unpaired) electrons. The molecule has 0 spiro atoms. The van der Waals surface area contributed by atoms with Crippen molar-refractivity contribution in [2.45, 2.75) is 26.4 Å². The van der Waals surface area contributed by atoms with Gasteiger partial charge in [0, 0.05) is 11.6 Å². The molecule has 3 aromatic rings. The summed E-state index contributed by atoms with van der Waals surface area (Å²) >= 11 is 0. The average Bonchev–Trinajstić information content (AvgIpc) is 2.53. The van der Waals surface area contributed by atoms with Crippen molar-refractivity contribution < 1.29 is 13.5 Å². The molecule has 7 heteroatoms. The van der Waals surface area contributed by atoms with Gasteiger partial charge in [-0.3, -0.25) is 9.78 Å². The lowest BCUT2D eigenvalue weighted by Crippen LogP contribution is -2.16. The third kappa shape index (κ3) is 2.92. The molecular formula is C17H15FN2O4. The zero-order valence-corrected chi connectivity index (χ0v) is 13.1. The molecule has 124 valence electrons. The Morgan fingerprint density at radius 1 is 1.33 bits per heavy atom. The molecule has 1 atom stereocenters.